The first-order chi connectivity index (χ1) is 12.9. The maximum atomic E-state index is 13.2. The smallest absolute Gasteiger partial charge is 0.263 e. The van der Waals surface area contributed by atoms with E-state index in [0.717, 1.165) is 22.6 Å². The molecule has 144 valence electrons. The van der Waals surface area contributed by atoms with Crippen LogP contribution in [0.25, 0.3) is 0 Å². The largest absolute Gasteiger partial charge is 0.477 e. The molecule has 0 radical (unpaired) electrons. The van der Waals surface area contributed by atoms with Crippen molar-refractivity contribution < 1.29 is 14.3 Å². The molecule has 0 aliphatic carbocycles. The van der Waals surface area contributed by atoms with Gasteiger partial charge < -0.3 is 15.0 Å². The Morgan fingerprint density at radius 1 is 1.26 bits per heavy atom. The summed E-state index contributed by atoms with van der Waals surface area (Å²) in [5, 5.41) is 3.03. The lowest BCUT2D eigenvalue weighted by atomic mass is 10.1. The van der Waals surface area contributed by atoms with Crippen molar-refractivity contribution in [2.45, 2.75) is 52.7 Å². The fourth-order valence-corrected chi connectivity index (χ4v) is 4.25. The van der Waals surface area contributed by atoms with Crippen LogP contribution in [0, 0.1) is 13.8 Å². The molecule has 6 heteroatoms. The Labute approximate surface area is 164 Å². The van der Waals surface area contributed by atoms with E-state index in [9.17, 15) is 9.59 Å². The quantitative estimate of drug-likeness (QED) is 0.842. The number of fused-ring (bicyclic) bond motifs is 1. The summed E-state index contributed by atoms with van der Waals surface area (Å²) in [5.41, 5.74) is 1.39. The predicted molar refractivity (Wildman–Crippen MR) is 109 cm³/mol. The lowest BCUT2D eigenvalue weighted by Gasteiger charge is -2.34. The van der Waals surface area contributed by atoms with Gasteiger partial charge in [0.1, 0.15) is 5.75 Å². The zero-order valence-corrected chi connectivity index (χ0v) is 17.1. The van der Waals surface area contributed by atoms with Gasteiger partial charge in [0.25, 0.3) is 11.8 Å². The Kier molecular flexibility index (Phi) is 5.85. The summed E-state index contributed by atoms with van der Waals surface area (Å²) in [6.07, 6.45) is 1.01. The number of ether oxygens (including phenoxy) is 1. The van der Waals surface area contributed by atoms with E-state index in [1.807, 2.05) is 52.0 Å². The Bertz CT molecular complexity index is 842. The Morgan fingerprint density at radius 3 is 2.59 bits per heavy atom. The van der Waals surface area contributed by atoms with E-state index in [0.29, 0.717) is 17.0 Å². The van der Waals surface area contributed by atoms with Gasteiger partial charge in [-0.1, -0.05) is 26.0 Å². The van der Waals surface area contributed by atoms with Gasteiger partial charge in [-0.05, 0) is 44.9 Å². The molecule has 0 saturated carbocycles. The van der Waals surface area contributed by atoms with Crippen LogP contribution in [0.5, 0.6) is 5.75 Å². The average Bonchev–Trinajstić information content (AvgIpc) is 3.02. The molecule has 1 aromatic heterocycles. The zero-order valence-electron chi connectivity index (χ0n) is 16.2. The van der Waals surface area contributed by atoms with Crippen LogP contribution in [-0.4, -0.2) is 30.5 Å². The van der Waals surface area contributed by atoms with Crippen molar-refractivity contribution in [1.29, 1.82) is 0 Å². The van der Waals surface area contributed by atoms with Gasteiger partial charge in [0.05, 0.1) is 17.8 Å². The second-order valence-electron chi connectivity index (χ2n) is 6.84. The molecule has 1 aromatic carbocycles. The summed E-state index contributed by atoms with van der Waals surface area (Å²) in [4.78, 5) is 29.7. The van der Waals surface area contributed by atoms with Crippen molar-refractivity contribution in [3.05, 3.63) is 45.6 Å². The molecule has 1 unspecified atom stereocenters. The minimum atomic E-state index is -0.718. The van der Waals surface area contributed by atoms with E-state index in [1.54, 1.807) is 22.3 Å². The molecular formula is C21H26N2O3S. The SMILES string of the molecule is CCC(CC)NC(=O)C1CN(C(=O)c2cc(C)sc2C)c2ccccc2O1. The number of nitrogens with zero attached hydrogens (tertiary/aromatic N) is 1. The molecule has 2 heterocycles. The molecule has 1 aliphatic heterocycles. The molecule has 1 N–H and O–H groups in total. The average molecular weight is 387 g/mol. The number of aryl methyl sites for hydroxylation is 2. The first kappa shape index (κ1) is 19.4. The molecule has 1 atom stereocenters. The molecule has 3 rings (SSSR count). The first-order valence-corrected chi connectivity index (χ1v) is 10.2. The highest BCUT2D eigenvalue weighted by atomic mass is 32.1. The highest BCUT2D eigenvalue weighted by Crippen LogP contribution is 2.35. The number of anilines is 1. The van der Waals surface area contributed by atoms with Gasteiger partial charge in [0.15, 0.2) is 6.10 Å². The second-order valence-corrected chi connectivity index (χ2v) is 8.30. The third kappa shape index (κ3) is 4.00. The number of para-hydroxylation sites is 2. The molecule has 1 aliphatic rings. The number of carbonyl (C=O) groups excluding carboxylic acids is 2. The normalized spacial score (nSPS) is 16.0. The van der Waals surface area contributed by atoms with Crippen molar-refractivity contribution in [3.8, 4) is 5.75 Å². The van der Waals surface area contributed by atoms with Crippen molar-refractivity contribution in [3.63, 3.8) is 0 Å². The number of carbonyl (C=O) groups is 2. The van der Waals surface area contributed by atoms with Crippen LogP contribution in [0.15, 0.2) is 30.3 Å². The maximum Gasteiger partial charge on any atom is 0.263 e. The van der Waals surface area contributed by atoms with E-state index < -0.39 is 6.10 Å². The topological polar surface area (TPSA) is 58.6 Å². The molecule has 5 nitrogen and oxygen atoms in total. The lowest BCUT2D eigenvalue weighted by molar-refractivity contribution is -0.128. The summed E-state index contributed by atoms with van der Waals surface area (Å²) in [7, 11) is 0. The van der Waals surface area contributed by atoms with E-state index in [-0.39, 0.29) is 24.4 Å². The minimum Gasteiger partial charge on any atom is -0.477 e. The monoisotopic (exact) mass is 386 g/mol. The summed E-state index contributed by atoms with van der Waals surface area (Å²) < 4.78 is 5.93. The number of hydrogen-bond donors (Lipinski definition) is 1. The number of nitrogens with one attached hydrogen (secondary N) is 1. The van der Waals surface area contributed by atoms with Crippen molar-refractivity contribution in [2.24, 2.45) is 0 Å². The number of rotatable bonds is 5. The van der Waals surface area contributed by atoms with Gasteiger partial charge in [0, 0.05) is 15.8 Å². The van der Waals surface area contributed by atoms with Gasteiger partial charge in [-0.15, -0.1) is 11.3 Å². The standard InChI is InChI=1S/C21H26N2O3S/c1-5-15(6-2)22-20(24)19-12-23(17-9-7-8-10-18(17)26-19)21(25)16-11-13(3)27-14(16)4/h7-11,15,19H,5-6,12H2,1-4H3,(H,22,24). The van der Waals surface area contributed by atoms with Crippen LogP contribution in [0.1, 0.15) is 46.8 Å². The van der Waals surface area contributed by atoms with E-state index in [1.165, 1.54) is 0 Å². The van der Waals surface area contributed by atoms with Gasteiger partial charge in [-0.2, -0.15) is 0 Å². The van der Waals surface area contributed by atoms with Gasteiger partial charge in [-0.3, -0.25) is 9.59 Å². The fraction of sp³-hybridized carbons (Fsp3) is 0.429. The van der Waals surface area contributed by atoms with Crippen molar-refractivity contribution in [2.75, 3.05) is 11.4 Å². The summed E-state index contributed by atoms with van der Waals surface area (Å²) in [6.45, 7) is 8.24. The number of thiophene rings is 1. The van der Waals surface area contributed by atoms with Crippen molar-refractivity contribution >= 4 is 28.8 Å². The molecule has 0 saturated heterocycles. The maximum absolute atomic E-state index is 13.2. The third-order valence-electron chi connectivity index (χ3n) is 4.91. The zero-order chi connectivity index (χ0) is 19.6. The number of amides is 2. The molecule has 0 fully saturated rings. The van der Waals surface area contributed by atoms with Crippen LogP contribution in [0.4, 0.5) is 5.69 Å². The second kappa shape index (κ2) is 8.13. The Hall–Kier alpha value is -2.34. The molecule has 0 spiro atoms. The van der Waals surface area contributed by atoms with Crippen molar-refractivity contribution in [1.82, 2.24) is 5.32 Å². The molecule has 2 amide bonds. The van der Waals surface area contributed by atoms with E-state index in [4.69, 9.17) is 4.74 Å². The van der Waals surface area contributed by atoms with Gasteiger partial charge in [-0.25, -0.2) is 0 Å². The van der Waals surface area contributed by atoms with Crippen LogP contribution in [0.3, 0.4) is 0 Å². The van der Waals surface area contributed by atoms with Crippen LogP contribution in [0.2, 0.25) is 0 Å². The highest BCUT2D eigenvalue weighted by Gasteiger charge is 2.35. The summed E-state index contributed by atoms with van der Waals surface area (Å²) in [5.74, 6) is 0.300. The molecule has 2 aromatic rings. The predicted octanol–water partition coefficient (Wildman–Crippen LogP) is 4.08. The summed E-state index contributed by atoms with van der Waals surface area (Å²) in [6, 6.07) is 9.42. The number of hydrogen-bond acceptors (Lipinski definition) is 4. The lowest BCUT2D eigenvalue weighted by Crippen LogP contribution is -2.52. The summed E-state index contributed by atoms with van der Waals surface area (Å²) >= 11 is 1.61. The Balaban J connectivity index is 1.90. The van der Waals surface area contributed by atoms with Gasteiger partial charge >= 0.3 is 0 Å². The fourth-order valence-electron chi connectivity index (χ4n) is 3.34. The van der Waals surface area contributed by atoms with E-state index >= 15 is 0 Å². The molecule has 27 heavy (non-hydrogen) atoms. The van der Waals surface area contributed by atoms with Crippen LogP contribution < -0.4 is 15.0 Å². The Morgan fingerprint density at radius 2 is 1.96 bits per heavy atom. The van der Waals surface area contributed by atoms with Gasteiger partial charge in [0.2, 0.25) is 0 Å². The van der Waals surface area contributed by atoms with Crippen LogP contribution >= 0.6 is 11.3 Å². The first-order valence-electron chi connectivity index (χ1n) is 9.39. The minimum absolute atomic E-state index is 0.0899. The molecular weight excluding hydrogens is 360 g/mol. The number of benzene rings is 1. The van der Waals surface area contributed by atoms with E-state index in [2.05, 4.69) is 5.32 Å². The molecule has 0 bridgehead atoms. The van der Waals surface area contributed by atoms with Crippen LogP contribution in [-0.2, 0) is 4.79 Å². The third-order valence-corrected chi connectivity index (χ3v) is 5.88. The highest BCUT2D eigenvalue weighted by molar-refractivity contribution is 7.12.